The normalized spacial score (nSPS) is 16.2. The Kier molecular flexibility index (Phi) is 5.39. The highest BCUT2D eigenvalue weighted by Gasteiger charge is 2.29. The Bertz CT molecular complexity index is 1520. The fourth-order valence-corrected chi connectivity index (χ4v) is 4.97. The number of imidazole rings is 1. The highest BCUT2D eigenvalue weighted by molar-refractivity contribution is 5.75. The number of aromatic hydroxyl groups is 1. The molecule has 1 N–H and O–H groups in total. The molecule has 0 amide bonds. The van der Waals surface area contributed by atoms with Crippen molar-refractivity contribution in [3.8, 4) is 22.6 Å². The molecular formula is C28H25N5O2. The molecule has 1 aliphatic rings. The van der Waals surface area contributed by atoms with Crippen molar-refractivity contribution in [3.05, 3.63) is 107 Å². The van der Waals surface area contributed by atoms with Crippen molar-refractivity contribution in [2.24, 2.45) is 0 Å². The monoisotopic (exact) mass is 463 g/mol. The zero-order valence-corrected chi connectivity index (χ0v) is 19.2. The third kappa shape index (κ3) is 4.00. The van der Waals surface area contributed by atoms with Crippen molar-refractivity contribution >= 4 is 11.2 Å². The van der Waals surface area contributed by atoms with Gasteiger partial charge in [-0.2, -0.15) is 0 Å². The van der Waals surface area contributed by atoms with E-state index in [1.54, 1.807) is 16.8 Å². The Morgan fingerprint density at radius 1 is 0.886 bits per heavy atom. The van der Waals surface area contributed by atoms with Gasteiger partial charge in [-0.05, 0) is 53.9 Å². The summed E-state index contributed by atoms with van der Waals surface area (Å²) in [6, 6.07) is 25.7. The maximum Gasteiger partial charge on any atom is 0.335 e. The van der Waals surface area contributed by atoms with Gasteiger partial charge in [-0.1, -0.05) is 42.5 Å². The average molecular weight is 464 g/mol. The molecule has 0 spiro atoms. The highest BCUT2D eigenvalue weighted by atomic mass is 16.3. The number of hydrogen-bond donors (Lipinski definition) is 1. The second-order valence-corrected chi connectivity index (χ2v) is 8.93. The second kappa shape index (κ2) is 8.85. The average Bonchev–Trinajstić information content (AvgIpc) is 3.47. The summed E-state index contributed by atoms with van der Waals surface area (Å²) in [5, 5.41) is 9.49. The molecule has 1 atom stereocenters. The number of likely N-dealkylation sites (tertiary alicyclic amines) is 1. The molecule has 1 aliphatic heterocycles. The molecule has 0 radical (unpaired) electrons. The van der Waals surface area contributed by atoms with Crippen molar-refractivity contribution in [1.29, 1.82) is 0 Å². The van der Waals surface area contributed by atoms with Crippen LogP contribution in [0.5, 0.6) is 5.75 Å². The van der Waals surface area contributed by atoms with Crippen molar-refractivity contribution in [3.63, 3.8) is 0 Å². The van der Waals surface area contributed by atoms with E-state index in [1.807, 2.05) is 53.1 Å². The number of nitrogens with zero attached hydrogens (tertiary/aromatic N) is 5. The largest absolute Gasteiger partial charge is 0.506 e. The summed E-state index contributed by atoms with van der Waals surface area (Å²) in [6.07, 6.45) is 4.07. The molecule has 1 fully saturated rings. The van der Waals surface area contributed by atoms with E-state index in [4.69, 9.17) is 0 Å². The SMILES string of the molecule is O=c1n(-c2ccc(-c3ccccc3)cc2)c2cccnc2n1C1CCN(Cc2ccc(O)cn2)C1. The van der Waals surface area contributed by atoms with Gasteiger partial charge in [0.15, 0.2) is 5.65 Å². The van der Waals surface area contributed by atoms with Crippen LogP contribution in [0.15, 0.2) is 96.1 Å². The summed E-state index contributed by atoms with van der Waals surface area (Å²) >= 11 is 0. The van der Waals surface area contributed by atoms with Gasteiger partial charge in [0.2, 0.25) is 0 Å². The number of pyridine rings is 2. The Morgan fingerprint density at radius 2 is 1.69 bits per heavy atom. The molecule has 0 aliphatic carbocycles. The van der Waals surface area contributed by atoms with Gasteiger partial charge in [-0.3, -0.25) is 19.0 Å². The lowest BCUT2D eigenvalue weighted by Gasteiger charge is -2.16. The van der Waals surface area contributed by atoms with Crippen LogP contribution in [-0.4, -0.2) is 42.2 Å². The van der Waals surface area contributed by atoms with Crippen molar-refractivity contribution in [2.75, 3.05) is 13.1 Å². The van der Waals surface area contributed by atoms with Crippen LogP contribution in [0, 0.1) is 0 Å². The van der Waals surface area contributed by atoms with E-state index in [0.29, 0.717) is 12.2 Å². The molecule has 7 nitrogen and oxygen atoms in total. The fraction of sp³-hybridized carbons (Fsp3) is 0.179. The molecular weight excluding hydrogens is 438 g/mol. The summed E-state index contributed by atoms with van der Waals surface area (Å²) in [5.74, 6) is 0.162. The van der Waals surface area contributed by atoms with E-state index >= 15 is 0 Å². The van der Waals surface area contributed by atoms with Crippen LogP contribution in [0.25, 0.3) is 28.0 Å². The number of rotatable bonds is 5. The van der Waals surface area contributed by atoms with Crippen LogP contribution >= 0.6 is 0 Å². The van der Waals surface area contributed by atoms with Crippen LogP contribution < -0.4 is 5.69 Å². The van der Waals surface area contributed by atoms with E-state index in [-0.39, 0.29) is 17.5 Å². The van der Waals surface area contributed by atoms with Gasteiger partial charge in [0.25, 0.3) is 0 Å². The Balaban J connectivity index is 1.33. The van der Waals surface area contributed by atoms with Gasteiger partial charge in [0, 0.05) is 25.8 Å². The van der Waals surface area contributed by atoms with Crippen molar-refractivity contribution < 1.29 is 5.11 Å². The molecule has 2 aromatic carbocycles. The minimum Gasteiger partial charge on any atom is -0.506 e. The molecule has 7 heteroatoms. The minimum atomic E-state index is -0.0687. The first-order chi connectivity index (χ1) is 17.2. The summed E-state index contributed by atoms with van der Waals surface area (Å²) in [6.45, 7) is 2.29. The molecule has 4 heterocycles. The lowest BCUT2D eigenvalue weighted by molar-refractivity contribution is 0.312. The Hall–Kier alpha value is -4.23. The van der Waals surface area contributed by atoms with E-state index in [9.17, 15) is 9.90 Å². The molecule has 5 aromatic rings. The Labute approximate surface area is 202 Å². The lowest BCUT2D eigenvalue weighted by Crippen LogP contribution is -2.29. The molecule has 0 bridgehead atoms. The molecule has 1 unspecified atom stereocenters. The van der Waals surface area contributed by atoms with Gasteiger partial charge in [0.1, 0.15) is 5.75 Å². The number of fused-ring (bicyclic) bond motifs is 1. The van der Waals surface area contributed by atoms with Gasteiger partial charge >= 0.3 is 5.69 Å². The van der Waals surface area contributed by atoms with Crippen LogP contribution in [0.4, 0.5) is 0 Å². The van der Waals surface area contributed by atoms with E-state index in [0.717, 1.165) is 47.5 Å². The summed E-state index contributed by atoms with van der Waals surface area (Å²) in [5.41, 5.74) is 5.43. The predicted octanol–water partition coefficient (Wildman–Crippen LogP) is 4.40. The van der Waals surface area contributed by atoms with Gasteiger partial charge in [-0.25, -0.2) is 9.78 Å². The first kappa shape index (κ1) is 21.3. The van der Waals surface area contributed by atoms with E-state index in [2.05, 4.69) is 39.1 Å². The molecule has 35 heavy (non-hydrogen) atoms. The van der Waals surface area contributed by atoms with Gasteiger partial charge in [0.05, 0.1) is 29.1 Å². The van der Waals surface area contributed by atoms with Crippen LogP contribution in [0.2, 0.25) is 0 Å². The standard InChI is InChI=1S/C28H25N5O2/c34-25-13-10-22(30-17-25)18-31-16-14-24(19-31)33-27-26(7-4-15-29-27)32(28(33)35)23-11-8-21(9-12-23)20-5-2-1-3-6-20/h1-13,15,17,24,34H,14,16,18-19H2. The van der Waals surface area contributed by atoms with Crippen molar-refractivity contribution in [2.45, 2.75) is 19.0 Å². The van der Waals surface area contributed by atoms with Crippen LogP contribution in [-0.2, 0) is 6.54 Å². The molecule has 6 rings (SSSR count). The van der Waals surface area contributed by atoms with Crippen LogP contribution in [0.1, 0.15) is 18.2 Å². The zero-order chi connectivity index (χ0) is 23.8. The molecule has 0 saturated carbocycles. The summed E-state index contributed by atoms with van der Waals surface area (Å²) < 4.78 is 3.62. The highest BCUT2D eigenvalue weighted by Crippen LogP contribution is 2.27. The summed E-state index contributed by atoms with van der Waals surface area (Å²) in [4.78, 5) is 25.0. The third-order valence-corrected chi connectivity index (χ3v) is 6.67. The summed E-state index contributed by atoms with van der Waals surface area (Å²) in [7, 11) is 0. The third-order valence-electron chi connectivity index (χ3n) is 6.67. The number of aromatic nitrogens is 4. The van der Waals surface area contributed by atoms with Gasteiger partial charge < -0.3 is 5.11 Å². The van der Waals surface area contributed by atoms with E-state index < -0.39 is 0 Å². The molecule has 174 valence electrons. The lowest BCUT2D eigenvalue weighted by atomic mass is 10.1. The zero-order valence-electron chi connectivity index (χ0n) is 19.2. The second-order valence-electron chi connectivity index (χ2n) is 8.93. The molecule has 1 saturated heterocycles. The quantitative estimate of drug-likeness (QED) is 0.418. The maximum absolute atomic E-state index is 13.8. The predicted molar refractivity (Wildman–Crippen MR) is 136 cm³/mol. The topological polar surface area (TPSA) is 76.2 Å². The number of benzene rings is 2. The first-order valence-corrected chi connectivity index (χ1v) is 11.8. The minimum absolute atomic E-state index is 0.0295. The van der Waals surface area contributed by atoms with Crippen molar-refractivity contribution in [1.82, 2.24) is 24.0 Å². The van der Waals surface area contributed by atoms with Gasteiger partial charge in [-0.15, -0.1) is 0 Å². The first-order valence-electron chi connectivity index (χ1n) is 11.8. The fourth-order valence-electron chi connectivity index (χ4n) is 4.97. The van der Waals surface area contributed by atoms with Crippen LogP contribution in [0.3, 0.4) is 0 Å². The Morgan fingerprint density at radius 3 is 2.46 bits per heavy atom. The smallest absolute Gasteiger partial charge is 0.335 e. The van der Waals surface area contributed by atoms with E-state index in [1.165, 1.54) is 6.20 Å². The number of hydrogen-bond acceptors (Lipinski definition) is 5. The molecule has 3 aromatic heterocycles. The maximum atomic E-state index is 13.8.